The number of hydrogen-bond donors (Lipinski definition) is 0. The Morgan fingerprint density at radius 3 is 2.56 bits per heavy atom. The first kappa shape index (κ1) is 6.52. The van der Waals surface area contributed by atoms with Crippen LogP contribution in [0, 0.1) is 0 Å². The van der Waals surface area contributed by atoms with Gasteiger partial charge in [0, 0.05) is 19.3 Å². The van der Waals surface area contributed by atoms with Gasteiger partial charge >= 0.3 is 0 Å². The zero-order valence-electron chi connectivity index (χ0n) is 4.86. The predicted molar refractivity (Wildman–Crippen MR) is 27.6 cm³/mol. The topological polar surface area (TPSA) is 19.9 Å². The lowest BCUT2D eigenvalue weighted by atomic mass is 10.0. The van der Waals surface area contributed by atoms with Crippen LogP contribution >= 0.6 is 0 Å². The lowest BCUT2D eigenvalue weighted by Gasteiger charge is -2.16. The van der Waals surface area contributed by atoms with Crippen LogP contribution in [0.1, 0.15) is 19.3 Å². The minimum absolute atomic E-state index is 0.00694. The van der Waals surface area contributed by atoms with E-state index in [1.807, 2.05) is 0 Å². The highest BCUT2D eigenvalue weighted by Gasteiger charge is 2.31. The van der Waals surface area contributed by atoms with E-state index in [9.17, 15) is 13.9 Å². The molecule has 1 aliphatic rings. The van der Waals surface area contributed by atoms with E-state index in [0.29, 0.717) is 0 Å². The molecule has 0 N–H and O–H groups in total. The van der Waals surface area contributed by atoms with Crippen molar-refractivity contribution in [1.29, 1.82) is 0 Å². The van der Waals surface area contributed by atoms with E-state index in [0.717, 1.165) is 6.08 Å². The molecule has 0 aliphatic heterocycles. The minimum atomic E-state index is -2.62. The molecule has 3 heteroatoms. The van der Waals surface area contributed by atoms with Crippen LogP contribution in [-0.4, -0.2) is 5.92 Å². The molecule has 1 radical (unpaired) electrons. The van der Waals surface area contributed by atoms with Crippen molar-refractivity contribution >= 4 is 0 Å². The van der Waals surface area contributed by atoms with E-state index in [2.05, 4.69) is 0 Å². The van der Waals surface area contributed by atoms with Crippen LogP contribution in [0.5, 0.6) is 0 Å². The highest BCUT2D eigenvalue weighted by atomic mass is 19.3. The van der Waals surface area contributed by atoms with Gasteiger partial charge in [-0.3, -0.25) is 5.11 Å². The fourth-order valence-electron chi connectivity index (χ4n) is 0.773. The standard InChI is InChI=1S/C6H7F2O/c7-6(8)3-1-5(9)2-4-6/h1H,2-4H2. The quantitative estimate of drug-likeness (QED) is 0.482. The number of rotatable bonds is 0. The molecule has 51 valence electrons. The van der Waals surface area contributed by atoms with Crippen LogP contribution in [0.4, 0.5) is 8.78 Å². The lowest BCUT2D eigenvalue weighted by molar-refractivity contribution is -0.0155. The normalized spacial score (nSPS) is 25.3. The highest BCUT2D eigenvalue weighted by Crippen LogP contribution is 2.31. The zero-order valence-corrected chi connectivity index (χ0v) is 4.86. The lowest BCUT2D eigenvalue weighted by Crippen LogP contribution is -2.18. The summed E-state index contributed by atoms with van der Waals surface area (Å²) in [4.78, 5) is 0. The van der Waals surface area contributed by atoms with E-state index in [-0.39, 0.29) is 25.0 Å². The average molecular weight is 133 g/mol. The number of alkyl halides is 2. The fourth-order valence-corrected chi connectivity index (χ4v) is 0.773. The molecule has 0 bridgehead atoms. The molecule has 0 saturated carbocycles. The summed E-state index contributed by atoms with van der Waals surface area (Å²) in [6.45, 7) is 0. The Bertz CT molecular complexity index is 140. The summed E-state index contributed by atoms with van der Waals surface area (Å²) in [7, 11) is 0. The molecule has 1 rings (SSSR count). The van der Waals surface area contributed by atoms with Crippen LogP contribution in [0.25, 0.3) is 0 Å². The van der Waals surface area contributed by atoms with Crippen LogP contribution < -0.4 is 0 Å². The third-order valence-corrected chi connectivity index (χ3v) is 1.37. The number of hydrogen-bond acceptors (Lipinski definition) is 0. The van der Waals surface area contributed by atoms with Gasteiger partial charge < -0.3 is 0 Å². The molecule has 0 aromatic heterocycles. The number of halogens is 2. The van der Waals surface area contributed by atoms with Gasteiger partial charge in [-0.2, -0.15) is 0 Å². The Balaban J connectivity index is 2.56. The molecule has 0 saturated heterocycles. The molecule has 0 atom stereocenters. The van der Waals surface area contributed by atoms with Crippen LogP contribution in [0.3, 0.4) is 0 Å². The highest BCUT2D eigenvalue weighted by molar-refractivity contribution is 4.99. The predicted octanol–water partition coefficient (Wildman–Crippen LogP) is 2.12. The average Bonchev–Trinajstić information content (AvgIpc) is 1.78. The van der Waals surface area contributed by atoms with Gasteiger partial charge in [0.1, 0.15) is 0 Å². The summed E-state index contributed by atoms with van der Waals surface area (Å²) in [6.07, 6.45) is 0.435. The van der Waals surface area contributed by atoms with Gasteiger partial charge in [0.05, 0.1) is 0 Å². The third-order valence-electron chi connectivity index (χ3n) is 1.37. The molecule has 1 nitrogen and oxygen atoms in total. The van der Waals surface area contributed by atoms with Crippen LogP contribution in [0.2, 0.25) is 0 Å². The molecule has 0 aromatic carbocycles. The van der Waals surface area contributed by atoms with Crippen molar-refractivity contribution in [3.63, 3.8) is 0 Å². The van der Waals surface area contributed by atoms with Crippen molar-refractivity contribution in [2.75, 3.05) is 0 Å². The van der Waals surface area contributed by atoms with Crippen molar-refractivity contribution in [3.05, 3.63) is 11.8 Å². The molecule has 0 fully saturated rings. The van der Waals surface area contributed by atoms with Gasteiger partial charge in [0.25, 0.3) is 5.92 Å². The molecule has 1 aliphatic carbocycles. The smallest absolute Gasteiger partial charge is 0.252 e. The molecule has 0 spiro atoms. The molecular formula is C6H7F2O. The monoisotopic (exact) mass is 133 g/mol. The second-order valence-corrected chi connectivity index (χ2v) is 2.23. The number of allylic oxidation sites excluding steroid dienone is 2. The van der Waals surface area contributed by atoms with Crippen molar-refractivity contribution < 1.29 is 13.9 Å². The van der Waals surface area contributed by atoms with E-state index < -0.39 is 5.92 Å². The van der Waals surface area contributed by atoms with Crippen LogP contribution in [0.15, 0.2) is 11.8 Å². The van der Waals surface area contributed by atoms with Gasteiger partial charge in [-0.1, -0.05) is 0 Å². The maximum Gasteiger partial charge on any atom is 0.252 e. The van der Waals surface area contributed by atoms with Crippen LogP contribution in [-0.2, 0) is 5.11 Å². The minimum Gasteiger partial charge on any atom is -0.295 e. The Hall–Kier alpha value is -0.600. The first-order valence-electron chi connectivity index (χ1n) is 2.84. The van der Waals surface area contributed by atoms with Crippen molar-refractivity contribution in [3.8, 4) is 0 Å². The molecule has 0 aromatic rings. The van der Waals surface area contributed by atoms with Gasteiger partial charge in [-0.25, -0.2) is 8.78 Å². The second kappa shape index (κ2) is 1.97. The Morgan fingerprint density at radius 1 is 1.56 bits per heavy atom. The first-order valence-corrected chi connectivity index (χ1v) is 2.84. The van der Waals surface area contributed by atoms with Crippen molar-refractivity contribution in [1.82, 2.24) is 0 Å². The summed E-state index contributed by atoms with van der Waals surface area (Å²) in [6, 6.07) is 0. The Labute approximate surface area is 52.0 Å². The van der Waals surface area contributed by atoms with Crippen molar-refractivity contribution in [2.24, 2.45) is 0 Å². The maximum absolute atomic E-state index is 12.2. The van der Waals surface area contributed by atoms with E-state index >= 15 is 0 Å². The first-order chi connectivity index (χ1) is 4.10. The Kier molecular flexibility index (Phi) is 1.43. The summed E-state index contributed by atoms with van der Waals surface area (Å²) < 4.78 is 24.4. The van der Waals surface area contributed by atoms with E-state index in [1.165, 1.54) is 0 Å². The van der Waals surface area contributed by atoms with Gasteiger partial charge in [-0.05, 0) is 6.08 Å². The fraction of sp³-hybridized carbons (Fsp3) is 0.667. The summed E-state index contributed by atoms with van der Waals surface area (Å²) >= 11 is 0. The van der Waals surface area contributed by atoms with Gasteiger partial charge in [0.15, 0.2) is 5.76 Å². The van der Waals surface area contributed by atoms with Gasteiger partial charge in [0.2, 0.25) is 0 Å². The summed E-state index contributed by atoms with van der Waals surface area (Å²) in [5, 5.41) is 10.4. The molecule has 0 amide bonds. The second-order valence-electron chi connectivity index (χ2n) is 2.23. The summed E-state index contributed by atoms with van der Waals surface area (Å²) in [5.41, 5.74) is 0. The van der Waals surface area contributed by atoms with Gasteiger partial charge in [-0.15, -0.1) is 0 Å². The molecule has 9 heavy (non-hydrogen) atoms. The SMILES string of the molecule is [O]C1=CCC(F)(F)CC1. The van der Waals surface area contributed by atoms with E-state index in [1.54, 1.807) is 0 Å². The molecule has 0 heterocycles. The molecule has 0 unspecified atom stereocenters. The van der Waals surface area contributed by atoms with Crippen molar-refractivity contribution in [2.45, 2.75) is 25.2 Å². The van der Waals surface area contributed by atoms with E-state index in [4.69, 9.17) is 0 Å². The zero-order chi connectivity index (χ0) is 6.91. The largest absolute Gasteiger partial charge is 0.295 e. The third kappa shape index (κ3) is 1.66. The maximum atomic E-state index is 12.2. The molecular weight excluding hydrogens is 126 g/mol. The summed E-state index contributed by atoms with van der Waals surface area (Å²) in [5.74, 6) is -2.77. The Morgan fingerprint density at radius 2 is 2.22 bits per heavy atom.